The third-order valence-electron chi connectivity index (χ3n) is 7.77. The molecule has 0 saturated carbocycles. The van der Waals surface area contributed by atoms with Crippen molar-refractivity contribution in [2.75, 3.05) is 13.2 Å². The van der Waals surface area contributed by atoms with E-state index in [0.29, 0.717) is 12.8 Å². The zero-order valence-electron chi connectivity index (χ0n) is 30.3. The van der Waals surface area contributed by atoms with Gasteiger partial charge in [0, 0.05) is 0 Å². The van der Waals surface area contributed by atoms with E-state index in [0.717, 1.165) is 51.4 Å². The van der Waals surface area contributed by atoms with Gasteiger partial charge in [0.1, 0.15) is 0 Å². The summed E-state index contributed by atoms with van der Waals surface area (Å²) in [6.45, 7) is 4.54. The quantitative estimate of drug-likeness (QED) is 0.0210. The first kappa shape index (κ1) is 51.8. The number of hydrogen-bond acceptors (Lipinski definition) is 8. The van der Waals surface area contributed by atoms with E-state index < -0.39 is 20.8 Å². The Labute approximate surface area is 321 Å². The average molecular weight is 735 g/mol. The van der Waals surface area contributed by atoms with E-state index in [4.69, 9.17) is 0 Å². The standard InChI is InChI=1S/2C18H36O4S.Ca/c2*1-2-3-4-5-6-7-8-9-10-11-12-13-14-15-16-17-18-22-23(19,20)21;/h2*9-10H,2-8,11-18H2,1H3,(H,19,20,21);/q;;+2/p-2/b2*10-9-;. The Hall–Kier alpha value is 0.480. The molecule has 0 aromatic carbocycles. The molecule has 0 aliphatic carbocycles. The van der Waals surface area contributed by atoms with Crippen LogP contribution in [0.3, 0.4) is 0 Å². The summed E-state index contributed by atoms with van der Waals surface area (Å²) in [5, 5.41) is 0. The van der Waals surface area contributed by atoms with Crippen LogP contribution in [-0.4, -0.2) is 76.9 Å². The largest absolute Gasteiger partial charge is 2.00 e. The van der Waals surface area contributed by atoms with Crippen molar-refractivity contribution in [3.05, 3.63) is 24.3 Å². The topological polar surface area (TPSA) is 133 Å². The van der Waals surface area contributed by atoms with Crippen LogP contribution in [0.25, 0.3) is 0 Å². The predicted octanol–water partition coefficient (Wildman–Crippen LogP) is 10.6. The molecule has 0 fully saturated rings. The van der Waals surface area contributed by atoms with Crippen LogP contribution < -0.4 is 0 Å². The van der Waals surface area contributed by atoms with Gasteiger partial charge in [0.05, 0.1) is 13.2 Å². The van der Waals surface area contributed by atoms with Crippen molar-refractivity contribution in [2.24, 2.45) is 0 Å². The number of rotatable bonds is 34. The minimum Gasteiger partial charge on any atom is -0.726 e. The van der Waals surface area contributed by atoms with Crippen molar-refractivity contribution >= 4 is 58.5 Å². The molecule has 276 valence electrons. The fourth-order valence-corrected chi connectivity index (χ4v) is 5.67. The SMILES string of the molecule is CCCCCCCC/C=C\CCCCCCCCOS(=O)(=O)[O-].CCCCCCCC/C=C\CCCCCCCCOS(=O)(=O)[O-].[Ca+2]. The van der Waals surface area contributed by atoms with E-state index in [-0.39, 0.29) is 51.0 Å². The van der Waals surface area contributed by atoms with Crippen LogP contribution in [-0.2, 0) is 29.2 Å². The molecule has 0 aliphatic heterocycles. The van der Waals surface area contributed by atoms with Gasteiger partial charge in [-0.3, -0.25) is 8.37 Å². The molecule has 8 nitrogen and oxygen atoms in total. The minimum atomic E-state index is -4.50. The van der Waals surface area contributed by atoms with E-state index in [1.54, 1.807) is 0 Å². The van der Waals surface area contributed by atoms with Gasteiger partial charge in [0.2, 0.25) is 20.8 Å². The van der Waals surface area contributed by atoms with Crippen LogP contribution in [0.2, 0.25) is 0 Å². The van der Waals surface area contributed by atoms with Crippen LogP contribution in [0.5, 0.6) is 0 Å². The summed E-state index contributed by atoms with van der Waals surface area (Å²) in [5.41, 5.74) is 0. The Morgan fingerprint density at radius 1 is 0.383 bits per heavy atom. The van der Waals surface area contributed by atoms with Gasteiger partial charge in [-0.15, -0.1) is 0 Å². The zero-order valence-corrected chi connectivity index (χ0v) is 34.2. The van der Waals surface area contributed by atoms with Gasteiger partial charge in [-0.25, -0.2) is 16.8 Å². The molecule has 0 N–H and O–H groups in total. The second-order valence-electron chi connectivity index (χ2n) is 12.3. The molecule has 0 aliphatic rings. The van der Waals surface area contributed by atoms with Crippen LogP contribution >= 0.6 is 0 Å². The molecule has 0 aromatic rings. The zero-order chi connectivity index (χ0) is 34.5. The fraction of sp³-hybridized carbons (Fsp3) is 0.889. The van der Waals surface area contributed by atoms with Crippen LogP contribution in [0.1, 0.15) is 194 Å². The van der Waals surface area contributed by atoms with E-state index in [1.165, 1.54) is 116 Å². The van der Waals surface area contributed by atoms with E-state index >= 15 is 0 Å². The molecule has 0 amide bonds. The van der Waals surface area contributed by atoms with E-state index in [9.17, 15) is 25.9 Å². The van der Waals surface area contributed by atoms with E-state index in [1.807, 2.05) is 0 Å². The molecule has 0 heterocycles. The second kappa shape index (κ2) is 40.9. The molecule has 0 bridgehead atoms. The second-order valence-corrected chi connectivity index (χ2v) is 14.4. The maximum absolute atomic E-state index is 10.2. The Morgan fingerprint density at radius 2 is 0.596 bits per heavy atom. The summed E-state index contributed by atoms with van der Waals surface area (Å²) < 4.78 is 69.6. The third kappa shape index (κ3) is 56.1. The summed E-state index contributed by atoms with van der Waals surface area (Å²) in [6.07, 6.45) is 42.7. The molecule has 0 atom stereocenters. The Bertz CT molecular complexity index is 805. The Morgan fingerprint density at radius 3 is 0.830 bits per heavy atom. The van der Waals surface area contributed by atoms with E-state index in [2.05, 4.69) is 46.5 Å². The molecule has 47 heavy (non-hydrogen) atoms. The summed E-state index contributed by atoms with van der Waals surface area (Å²) in [4.78, 5) is 0. The van der Waals surface area contributed by atoms with Crippen LogP contribution in [0, 0.1) is 0 Å². The molecule has 0 unspecified atom stereocenters. The Kier molecular flexibility index (Phi) is 45.1. The predicted molar refractivity (Wildman–Crippen MR) is 196 cm³/mol. The van der Waals surface area contributed by atoms with Crippen LogP contribution in [0.4, 0.5) is 0 Å². The van der Waals surface area contributed by atoms with Crippen molar-refractivity contribution in [2.45, 2.75) is 194 Å². The molecule has 0 saturated heterocycles. The van der Waals surface area contributed by atoms with Crippen molar-refractivity contribution in [3.63, 3.8) is 0 Å². The van der Waals surface area contributed by atoms with Gasteiger partial charge >= 0.3 is 37.7 Å². The first-order valence-electron chi connectivity index (χ1n) is 18.6. The summed E-state index contributed by atoms with van der Waals surface area (Å²) in [7, 11) is -9.00. The monoisotopic (exact) mass is 734 g/mol. The molecule has 0 radical (unpaired) electrons. The molecule has 11 heteroatoms. The Balaban J connectivity index is -0.000000807. The summed E-state index contributed by atoms with van der Waals surface area (Å²) in [6, 6.07) is 0. The minimum absolute atomic E-state index is 0. The van der Waals surface area contributed by atoms with Gasteiger partial charge in [-0.05, 0) is 64.2 Å². The van der Waals surface area contributed by atoms with Crippen molar-refractivity contribution in [3.8, 4) is 0 Å². The van der Waals surface area contributed by atoms with Gasteiger partial charge < -0.3 is 9.11 Å². The maximum atomic E-state index is 10.2. The third-order valence-corrected chi connectivity index (χ3v) is 8.68. The van der Waals surface area contributed by atoms with Crippen molar-refractivity contribution in [1.82, 2.24) is 0 Å². The summed E-state index contributed by atoms with van der Waals surface area (Å²) in [5.74, 6) is 0. The smallest absolute Gasteiger partial charge is 0.726 e. The molecule has 0 rings (SSSR count). The fourth-order valence-electron chi connectivity index (χ4n) is 5.02. The average Bonchev–Trinajstić information content (AvgIpc) is 2.99. The van der Waals surface area contributed by atoms with Crippen molar-refractivity contribution in [1.29, 1.82) is 0 Å². The number of allylic oxidation sites excluding steroid dienone is 4. The van der Waals surface area contributed by atoms with Gasteiger partial charge in [0.25, 0.3) is 0 Å². The van der Waals surface area contributed by atoms with Crippen LogP contribution in [0.15, 0.2) is 24.3 Å². The molecule has 0 aromatic heterocycles. The number of unbranched alkanes of at least 4 members (excludes halogenated alkanes) is 24. The normalized spacial score (nSPS) is 12.0. The number of hydrogen-bond donors (Lipinski definition) is 0. The van der Waals surface area contributed by atoms with Crippen molar-refractivity contribution < 1.29 is 34.3 Å². The van der Waals surface area contributed by atoms with Gasteiger partial charge in [-0.1, -0.05) is 154 Å². The van der Waals surface area contributed by atoms with Gasteiger partial charge in [-0.2, -0.15) is 0 Å². The first-order chi connectivity index (χ1) is 22.1. The summed E-state index contributed by atoms with van der Waals surface area (Å²) >= 11 is 0. The maximum Gasteiger partial charge on any atom is 2.00 e. The van der Waals surface area contributed by atoms with Gasteiger partial charge in [0.15, 0.2) is 0 Å². The molecular formula is C36H70CaO8S2. The first-order valence-corrected chi connectivity index (χ1v) is 21.3. The molecule has 0 spiro atoms. The molecular weight excluding hydrogens is 665 g/mol.